The molecule has 90 valence electrons. The second kappa shape index (κ2) is 4.33. The largest absolute Gasteiger partial charge is 0.445 e. The molecule has 0 N–H and O–H groups in total. The van der Waals surface area contributed by atoms with Crippen molar-refractivity contribution in [1.29, 1.82) is 0 Å². The maximum Gasteiger partial charge on any atom is 0.210 e. The van der Waals surface area contributed by atoms with E-state index in [9.17, 15) is 8.42 Å². The summed E-state index contributed by atoms with van der Waals surface area (Å²) in [6.07, 6.45) is 0. The molecule has 0 saturated carbocycles. The van der Waals surface area contributed by atoms with Crippen molar-refractivity contribution in [2.45, 2.75) is 24.5 Å². The van der Waals surface area contributed by atoms with Crippen LogP contribution in [-0.4, -0.2) is 13.4 Å². The molecule has 0 atom stereocenters. The van der Waals surface area contributed by atoms with Crippen molar-refractivity contribution < 1.29 is 12.8 Å². The van der Waals surface area contributed by atoms with Crippen LogP contribution in [0.15, 0.2) is 39.6 Å². The molecular weight excluding hydrogens is 238 g/mol. The lowest BCUT2D eigenvalue weighted by molar-refractivity contribution is 0.483. The molecule has 0 amide bonds. The van der Waals surface area contributed by atoms with Gasteiger partial charge in [0.15, 0.2) is 9.84 Å². The monoisotopic (exact) mass is 251 g/mol. The Morgan fingerprint density at radius 3 is 2.35 bits per heavy atom. The number of hydrogen-bond donors (Lipinski definition) is 0. The minimum atomic E-state index is -3.37. The zero-order valence-corrected chi connectivity index (χ0v) is 10.5. The van der Waals surface area contributed by atoms with Crippen LogP contribution in [0.2, 0.25) is 0 Å². The highest BCUT2D eigenvalue weighted by Gasteiger charge is 2.18. The maximum atomic E-state index is 12.0. The van der Waals surface area contributed by atoms with Gasteiger partial charge in [0.1, 0.15) is 11.5 Å². The highest BCUT2D eigenvalue weighted by Crippen LogP contribution is 2.17. The fraction of sp³-hybridized carbons (Fsp3) is 0.250. The molecule has 2 rings (SSSR count). The van der Waals surface area contributed by atoms with E-state index in [2.05, 4.69) is 4.98 Å². The van der Waals surface area contributed by atoms with Gasteiger partial charge >= 0.3 is 0 Å². The first-order valence-corrected chi connectivity index (χ1v) is 6.85. The summed E-state index contributed by atoms with van der Waals surface area (Å²) in [5.74, 6) is 0.693. The minimum absolute atomic E-state index is 0.203. The van der Waals surface area contributed by atoms with Crippen LogP contribution in [0.3, 0.4) is 0 Å². The molecule has 17 heavy (non-hydrogen) atoms. The van der Waals surface area contributed by atoms with Crippen LogP contribution in [0.5, 0.6) is 0 Å². The zero-order chi connectivity index (χ0) is 12.5. The van der Waals surface area contributed by atoms with Crippen LogP contribution in [-0.2, 0) is 15.6 Å². The molecule has 0 aliphatic heterocycles. The Balaban J connectivity index is 2.30. The first-order chi connectivity index (χ1) is 7.99. The highest BCUT2D eigenvalue weighted by molar-refractivity contribution is 7.90. The number of rotatable bonds is 3. The number of oxazole rings is 1. The van der Waals surface area contributed by atoms with E-state index in [1.54, 1.807) is 44.2 Å². The summed E-state index contributed by atoms with van der Waals surface area (Å²) < 4.78 is 29.3. The van der Waals surface area contributed by atoms with Gasteiger partial charge in [-0.3, -0.25) is 0 Å². The number of sulfone groups is 1. The molecule has 0 spiro atoms. The lowest BCUT2D eigenvalue weighted by Gasteiger charge is -2.00. The van der Waals surface area contributed by atoms with Gasteiger partial charge in [-0.1, -0.05) is 18.2 Å². The standard InChI is InChI=1S/C12H13NO3S/c1-9-10(2)16-12(13-9)8-17(14,15)11-6-4-3-5-7-11/h3-7H,8H2,1-2H3. The van der Waals surface area contributed by atoms with Crippen LogP contribution in [0, 0.1) is 13.8 Å². The van der Waals surface area contributed by atoms with Gasteiger partial charge < -0.3 is 4.42 Å². The number of benzene rings is 1. The predicted molar refractivity (Wildman–Crippen MR) is 63.3 cm³/mol. The van der Waals surface area contributed by atoms with Crippen molar-refractivity contribution in [2.75, 3.05) is 0 Å². The van der Waals surface area contributed by atoms with Crippen molar-refractivity contribution >= 4 is 9.84 Å². The van der Waals surface area contributed by atoms with Crippen molar-refractivity contribution in [1.82, 2.24) is 4.98 Å². The summed E-state index contributed by atoms with van der Waals surface area (Å²) in [5.41, 5.74) is 0.725. The lowest BCUT2D eigenvalue weighted by Crippen LogP contribution is -2.04. The molecule has 0 aliphatic rings. The van der Waals surface area contributed by atoms with Crippen molar-refractivity contribution in [3.63, 3.8) is 0 Å². The molecule has 1 aromatic heterocycles. The third-order valence-electron chi connectivity index (χ3n) is 2.49. The minimum Gasteiger partial charge on any atom is -0.445 e. The molecule has 2 aromatic rings. The van der Waals surface area contributed by atoms with Gasteiger partial charge in [-0.05, 0) is 26.0 Å². The SMILES string of the molecule is Cc1nc(CS(=O)(=O)c2ccccc2)oc1C. The van der Waals surface area contributed by atoms with Crippen LogP contribution < -0.4 is 0 Å². The average Bonchev–Trinajstić information content (AvgIpc) is 2.58. The predicted octanol–water partition coefficient (Wildman–Crippen LogP) is 2.27. The summed E-state index contributed by atoms with van der Waals surface area (Å²) >= 11 is 0. The van der Waals surface area contributed by atoms with E-state index in [-0.39, 0.29) is 16.5 Å². The zero-order valence-electron chi connectivity index (χ0n) is 9.67. The van der Waals surface area contributed by atoms with Crippen LogP contribution >= 0.6 is 0 Å². The van der Waals surface area contributed by atoms with Crippen molar-refractivity contribution in [3.8, 4) is 0 Å². The third kappa shape index (κ3) is 2.55. The first-order valence-electron chi connectivity index (χ1n) is 5.20. The highest BCUT2D eigenvalue weighted by atomic mass is 32.2. The normalized spacial score (nSPS) is 11.6. The van der Waals surface area contributed by atoms with E-state index in [0.29, 0.717) is 5.76 Å². The number of aryl methyl sites for hydroxylation is 2. The lowest BCUT2D eigenvalue weighted by atomic mass is 10.4. The summed E-state index contributed by atoms with van der Waals surface area (Å²) in [7, 11) is -3.37. The van der Waals surface area contributed by atoms with Gasteiger partial charge in [-0.15, -0.1) is 0 Å². The Morgan fingerprint density at radius 2 is 1.82 bits per heavy atom. The molecule has 0 aliphatic carbocycles. The summed E-state index contributed by atoms with van der Waals surface area (Å²) in [6.45, 7) is 3.55. The van der Waals surface area contributed by atoms with E-state index in [1.165, 1.54) is 0 Å². The van der Waals surface area contributed by atoms with Gasteiger partial charge in [-0.2, -0.15) is 0 Å². The molecular formula is C12H13NO3S. The number of aromatic nitrogens is 1. The second-order valence-corrected chi connectivity index (χ2v) is 5.81. The molecule has 0 fully saturated rings. The molecule has 0 saturated heterocycles. The molecule has 0 unspecified atom stereocenters. The molecule has 1 heterocycles. The smallest absolute Gasteiger partial charge is 0.210 e. The molecule has 1 aromatic carbocycles. The third-order valence-corrected chi connectivity index (χ3v) is 4.11. The molecule has 4 nitrogen and oxygen atoms in total. The maximum absolute atomic E-state index is 12.0. The number of hydrogen-bond acceptors (Lipinski definition) is 4. The summed E-state index contributed by atoms with van der Waals surface area (Å²) in [4.78, 5) is 4.36. The van der Waals surface area contributed by atoms with E-state index in [1.807, 2.05) is 0 Å². The second-order valence-electron chi connectivity index (χ2n) is 3.82. The Morgan fingerprint density at radius 1 is 1.18 bits per heavy atom. The van der Waals surface area contributed by atoms with Gasteiger partial charge in [0.2, 0.25) is 5.89 Å². The van der Waals surface area contributed by atoms with Crippen LogP contribution in [0.4, 0.5) is 0 Å². The molecule has 0 radical (unpaired) electrons. The fourth-order valence-electron chi connectivity index (χ4n) is 1.47. The first kappa shape index (κ1) is 11.9. The quantitative estimate of drug-likeness (QED) is 0.839. The average molecular weight is 251 g/mol. The molecule has 0 bridgehead atoms. The number of nitrogens with zero attached hydrogens (tertiary/aromatic N) is 1. The van der Waals surface area contributed by atoms with Crippen molar-refractivity contribution in [3.05, 3.63) is 47.7 Å². The van der Waals surface area contributed by atoms with Crippen molar-refractivity contribution in [2.24, 2.45) is 0 Å². The van der Waals surface area contributed by atoms with E-state index >= 15 is 0 Å². The Hall–Kier alpha value is -1.62. The van der Waals surface area contributed by atoms with Crippen LogP contribution in [0.25, 0.3) is 0 Å². The fourth-order valence-corrected chi connectivity index (χ4v) is 2.66. The summed E-state index contributed by atoms with van der Waals surface area (Å²) in [6, 6.07) is 8.30. The van der Waals surface area contributed by atoms with E-state index in [0.717, 1.165) is 5.69 Å². The topological polar surface area (TPSA) is 60.2 Å². The Labute approximate surface area is 100 Å². The van der Waals surface area contributed by atoms with Gasteiger partial charge in [0.25, 0.3) is 0 Å². The van der Waals surface area contributed by atoms with E-state index in [4.69, 9.17) is 4.42 Å². The molecule has 5 heteroatoms. The van der Waals surface area contributed by atoms with Gasteiger partial charge in [-0.25, -0.2) is 13.4 Å². The Bertz CT molecular complexity index is 595. The van der Waals surface area contributed by atoms with E-state index < -0.39 is 9.84 Å². The van der Waals surface area contributed by atoms with Gasteiger partial charge in [0, 0.05) is 0 Å². The summed E-state index contributed by atoms with van der Waals surface area (Å²) in [5, 5.41) is 0. The van der Waals surface area contributed by atoms with Crippen LogP contribution in [0.1, 0.15) is 17.3 Å². The Kier molecular flexibility index (Phi) is 3.02. The van der Waals surface area contributed by atoms with Gasteiger partial charge in [0.05, 0.1) is 10.6 Å².